The van der Waals surface area contributed by atoms with Crippen molar-refractivity contribution in [3.05, 3.63) is 29.6 Å². The van der Waals surface area contributed by atoms with Crippen LogP contribution in [0.1, 0.15) is 19.3 Å². The molecule has 108 valence electrons. The topological polar surface area (TPSA) is 66.4 Å². The summed E-state index contributed by atoms with van der Waals surface area (Å²) in [5.74, 6) is -7.69. The second-order valence-corrected chi connectivity index (χ2v) is 4.73. The van der Waals surface area contributed by atoms with Crippen molar-refractivity contribution in [2.45, 2.75) is 19.3 Å². The Kier molecular flexibility index (Phi) is 3.96. The second kappa shape index (κ2) is 5.52. The van der Waals surface area contributed by atoms with Crippen molar-refractivity contribution < 1.29 is 27.9 Å². The van der Waals surface area contributed by atoms with Gasteiger partial charge in [-0.2, -0.15) is 0 Å². The lowest BCUT2D eigenvalue weighted by atomic mass is 9.95. The van der Waals surface area contributed by atoms with Crippen molar-refractivity contribution in [1.29, 1.82) is 0 Å². The molecular weight excluding hydrogens is 275 g/mol. The Hall–Kier alpha value is -2.05. The summed E-state index contributed by atoms with van der Waals surface area (Å²) in [6.45, 7) is 0. The lowest BCUT2D eigenvalue weighted by Crippen LogP contribution is -2.30. The molecule has 0 radical (unpaired) electrons. The van der Waals surface area contributed by atoms with E-state index in [1.165, 1.54) is 0 Å². The van der Waals surface area contributed by atoms with Gasteiger partial charge < -0.3 is 10.4 Å². The number of amides is 1. The van der Waals surface area contributed by atoms with E-state index in [1.807, 2.05) is 0 Å². The predicted molar refractivity (Wildman–Crippen MR) is 63.4 cm³/mol. The van der Waals surface area contributed by atoms with E-state index in [0.717, 1.165) is 0 Å². The molecule has 0 bridgehead atoms. The van der Waals surface area contributed by atoms with Crippen molar-refractivity contribution in [3.63, 3.8) is 0 Å². The van der Waals surface area contributed by atoms with Crippen molar-refractivity contribution in [1.82, 2.24) is 0 Å². The third-order valence-electron chi connectivity index (χ3n) is 3.42. The van der Waals surface area contributed by atoms with Crippen LogP contribution in [0.25, 0.3) is 0 Å². The first kappa shape index (κ1) is 14.4. The summed E-state index contributed by atoms with van der Waals surface area (Å²) in [4.78, 5) is 22.9. The second-order valence-electron chi connectivity index (χ2n) is 4.73. The number of nitrogens with one attached hydrogen (secondary N) is 1. The average Bonchev–Trinajstić information content (AvgIpc) is 2.85. The Bertz CT molecular complexity index is 539. The number of aliphatic carboxylic acids is 1. The Morgan fingerprint density at radius 3 is 2.20 bits per heavy atom. The fourth-order valence-corrected chi connectivity index (χ4v) is 2.43. The van der Waals surface area contributed by atoms with Gasteiger partial charge in [-0.15, -0.1) is 0 Å². The number of carbonyl (C=O) groups is 2. The lowest BCUT2D eigenvalue weighted by molar-refractivity contribution is -0.145. The molecule has 4 nitrogen and oxygen atoms in total. The van der Waals surface area contributed by atoms with Crippen molar-refractivity contribution in [2.75, 3.05) is 5.32 Å². The van der Waals surface area contributed by atoms with E-state index in [9.17, 15) is 22.8 Å². The normalized spacial score (nSPS) is 21.8. The van der Waals surface area contributed by atoms with Crippen LogP contribution in [0.15, 0.2) is 12.1 Å². The molecule has 1 aliphatic rings. The third-order valence-corrected chi connectivity index (χ3v) is 3.42. The van der Waals surface area contributed by atoms with Gasteiger partial charge >= 0.3 is 5.97 Å². The van der Waals surface area contributed by atoms with Crippen LogP contribution in [0.4, 0.5) is 18.9 Å². The van der Waals surface area contributed by atoms with Gasteiger partial charge in [0, 0.05) is 17.8 Å². The highest BCUT2D eigenvalue weighted by atomic mass is 19.2. The summed E-state index contributed by atoms with van der Waals surface area (Å²) < 4.78 is 38.8. The number of rotatable bonds is 3. The van der Waals surface area contributed by atoms with Gasteiger partial charge in [0.2, 0.25) is 5.91 Å². The molecule has 0 heterocycles. The molecule has 2 atom stereocenters. The summed E-state index contributed by atoms with van der Waals surface area (Å²) in [5, 5.41) is 11.2. The molecule has 0 spiro atoms. The van der Waals surface area contributed by atoms with Gasteiger partial charge in [0.05, 0.1) is 11.8 Å². The molecule has 7 heteroatoms. The number of carboxylic acids is 1. The fourth-order valence-electron chi connectivity index (χ4n) is 2.43. The number of hydrogen-bond acceptors (Lipinski definition) is 2. The summed E-state index contributed by atoms with van der Waals surface area (Å²) in [6, 6.07) is 1.31. The largest absolute Gasteiger partial charge is 0.481 e. The molecule has 1 aliphatic carbocycles. The molecule has 2 unspecified atom stereocenters. The number of benzene rings is 1. The fraction of sp³-hybridized carbons (Fsp3) is 0.385. The number of carbonyl (C=O) groups excluding carboxylic acids is 1. The average molecular weight is 287 g/mol. The van der Waals surface area contributed by atoms with E-state index in [4.69, 9.17) is 5.11 Å². The maximum Gasteiger partial charge on any atom is 0.307 e. The van der Waals surface area contributed by atoms with Crippen LogP contribution < -0.4 is 5.32 Å². The van der Waals surface area contributed by atoms with E-state index in [-0.39, 0.29) is 5.69 Å². The van der Waals surface area contributed by atoms with Crippen LogP contribution in [0, 0.1) is 29.3 Å². The molecule has 2 N–H and O–H groups in total. The van der Waals surface area contributed by atoms with Crippen LogP contribution in [-0.2, 0) is 9.59 Å². The van der Waals surface area contributed by atoms with E-state index in [1.54, 1.807) is 0 Å². The first-order valence-electron chi connectivity index (χ1n) is 6.08. The zero-order valence-electron chi connectivity index (χ0n) is 10.3. The van der Waals surface area contributed by atoms with E-state index in [2.05, 4.69) is 5.32 Å². The number of anilines is 1. The molecule has 1 fully saturated rings. The number of halogens is 3. The minimum Gasteiger partial charge on any atom is -0.481 e. The molecule has 2 rings (SSSR count). The maximum atomic E-state index is 13.0. The maximum absolute atomic E-state index is 13.0. The summed E-state index contributed by atoms with van der Waals surface area (Å²) in [5.41, 5.74) is -0.234. The first-order chi connectivity index (χ1) is 9.40. The summed E-state index contributed by atoms with van der Waals surface area (Å²) in [6.07, 6.45) is 1.38. The molecule has 20 heavy (non-hydrogen) atoms. The van der Waals surface area contributed by atoms with Gasteiger partial charge in [0.25, 0.3) is 0 Å². The van der Waals surface area contributed by atoms with Gasteiger partial charge in [0.1, 0.15) is 0 Å². The molecule has 0 aromatic heterocycles. The Morgan fingerprint density at radius 1 is 1.10 bits per heavy atom. The molecule has 0 aliphatic heterocycles. The highest BCUT2D eigenvalue weighted by Gasteiger charge is 2.37. The SMILES string of the molecule is O=C(O)C1CCCC1C(=O)Nc1cc(F)c(F)c(F)c1. The quantitative estimate of drug-likeness (QED) is 0.840. The minimum absolute atomic E-state index is 0.234. The molecular formula is C13H12F3NO3. The smallest absolute Gasteiger partial charge is 0.307 e. The standard InChI is InChI=1S/C13H12F3NO3/c14-9-4-6(5-10(15)11(9)16)17-12(18)7-2-1-3-8(7)13(19)20/h4-5,7-8H,1-3H2,(H,17,18)(H,19,20). The number of carboxylic acid groups (broad SMARTS) is 1. The molecule has 1 amide bonds. The monoisotopic (exact) mass is 287 g/mol. The first-order valence-corrected chi connectivity index (χ1v) is 6.08. The molecule has 1 aromatic carbocycles. The van der Waals surface area contributed by atoms with Gasteiger partial charge in [0.15, 0.2) is 17.5 Å². The minimum atomic E-state index is -1.62. The lowest BCUT2D eigenvalue weighted by Gasteiger charge is -2.15. The van der Waals surface area contributed by atoms with Gasteiger partial charge in [-0.3, -0.25) is 9.59 Å². The Labute approximate surface area is 112 Å². The van der Waals surface area contributed by atoms with Gasteiger partial charge in [-0.25, -0.2) is 13.2 Å². The van der Waals surface area contributed by atoms with E-state index >= 15 is 0 Å². The predicted octanol–water partition coefficient (Wildman–Crippen LogP) is 2.54. The molecule has 0 saturated heterocycles. The van der Waals surface area contributed by atoms with Crippen LogP contribution in [0.5, 0.6) is 0 Å². The van der Waals surface area contributed by atoms with Crippen molar-refractivity contribution in [3.8, 4) is 0 Å². The van der Waals surface area contributed by atoms with Crippen LogP contribution >= 0.6 is 0 Å². The third kappa shape index (κ3) is 2.76. The van der Waals surface area contributed by atoms with Crippen LogP contribution in [-0.4, -0.2) is 17.0 Å². The van der Waals surface area contributed by atoms with Crippen LogP contribution in [0.3, 0.4) is 0 Å². The summed E-state index contributed by atoms with van der Waals surface area (Å²) in [7, 11) is 0. The Morgan fingerprint density at radius 2 is 1.65 bits per heavy atom. The van der Waals surface area contributed by atoms with Gasteiger partial charge in [-0.1, -0.05) is 6.42 Å². The van der Waals surface area contributed by atoms with Gasteiger partial charge in [-0.05, 0) is 12.8 Å². The van der Waals surface area contributed by atoms with Crippen LogP contribution in [0.2, 0.25) is 0 Å². The number of hydrogen-bond donors (Lipinski definition) is 2. The Balaban J connectivity index is 2.14. The zero-order valence-corrected chi connectivity index (χ0v) is 10.3. The van der Waals surface area contributed by atoms with Crippen molar-refractivity contribution >= 4 is 17.6 Å². The summed E-state index contributed by atoms with van der Waals surface area (Å²) >= 11 is 0. The van der Waals surface area contributed by atoms with E-state index in [0.29, 0.717) is 31.4 Å². The molecule has 1 aromatic rings. The zero-order chi connectivity index (χ0) is 14.9. The highest BCUT2D eigenvalue weighted by Crippen LogP contribution is 2.33. The van der Waals surface area contributed by atoms with E-state index < -0.39 is 41.2 Å². The molecule has 1 saturated carbocycles. The highest BCUT2D eigenvalue weighted by molar-refractivity contribution is 5.95. The van der Waals surface area contributed by atoms with Crippen molar-refractivity contribution in [2.24, 2.45) is 11.8 Å².